The van der Waals surface area contributed by atoms with Gasteiger partial charge in [-0.3, -0.25) is 24.6 Å². The van der Waals surface area contributed by atoms with Crippen LogP contribution in [0.2, 0.25) is 0 Å². The molecule has 1 unspecified atom stereocenters. The maximum atomic E-state index is 13.0. The second kappa shape index (κ2) is 7.56. The lowest BCUT2D eigenvalue weighted by Crippen LogP contribution is -2.29. The maximum absolute atomic E-state index is 13.0. The molecule has 4 rings (SSSR count). The molecule has 1 aliphatic heterocycles. The summed E-state index contributed by atoms with van der Waals surface area (Å²) in [5, 5.41) is 22.1. The van der Waals surface area contributed by atoms with Crippen molar-refractivity contribution in [2.45, 2.75) is 19.9 Å². The molecule has 156 valence electrons. The highest BCUT2D eigenvalue weighted by Crippen LogP contribution is 2.43. The molecule has 0 spiro atoms. The van der Waals surface area contributed by atoms with E-state index in [1.165, 1.54) is 23.1 Å². The van der Waals surface area contributed by atoms with Crippen LogP contribution in [0.5, 0.6) is 0 Å². The van der Waals surface area contributed by atoms with Gasteiger partial charge in [0.05, 0.1) is 10.5 Å². The quantitative estimate of drug-likeness (QED) is 0.220. The molecule has 3 aromatic rings. The van der Waals surface area contributed by atoms with Crippen LogP contribution in [0.25, 0.3) is 5.76 Å². The summed E-state index contributed by atoms with van der Waals surface area (Å²) in [4.78, 5) is 37.8. The van der Waals surface area contributed by atoms with Crippen molar-refractivity contribution in [2.24, 2.45) is 0 Å². The summed E-state index contributed by atoms with van der Waals surface area (Å²) in [6.45, 7) is 3.58. The molecule has 1 atom stereocenters. The Kier molecular flexibility index (Phi) is 4.90. The SMILES string of the molecule is Cc1cccc(N2C(=O)C(=O)/C(=C(\O)c3cccc([N+](=O)[O-])c3)C2c2ccc(C)o2)c1. The molecule has 31 heavy (non-hydrogen) atoms. The number of non-ortho nitro benzene ring substituents is 1. The molecule has 0 bridgehead atoms. The number of anilines is 1. The third-order valence-electron chi connectivity index (χ3n) is 5.09. The number of amides is 1. The number of carbonyl (C=O) groups excluding carboxylic acids is 2. The van der Waals surface area contributed by atoms with Crippen LogP contribution in [0, 0.1) is 24.0 Å². The Morgan fingerprint density at radius 2 is 1.81 bits per heavy atom. The second-order valence-electron chi connectivity index (χ2n) is 7.26. The highest BCUT2D eigenvalue weighted by Gasteiger charge is 2.48. The molecule has 1 saturated heterocycles. The molecule has 1 amide bonds. The fraction of sp³-hybridized carbons (Fsp3) is 0.130. The van der Waals surface area contributed by atoms with E-state index in [1.54, 1.807) is 37.3 Å². The topological polar surface area (TPSA) is 114 Å². The van der Waals surface area contributed by atoms with Crippen molar-refractivity contribution in [3.8, 4) is 0 Å². The predicted molar refractivity (Wildman–Crippen MR) is 113 cm³/mol. The predicted octanol–water partition coefficient (Wildman–Crippen LogP) is 4.43. The number of hydrogen-bond donors (Lipinski definition) is 1. The molecule has 0 radical (unpaired) electrons. The van der Waals surface area contributed by atoms with Gasteiger partial charge in [0.15, 0.2) is 0 Å². The number of Topliss-reactive ketones (excluding diaryl/α,β-unsaturated/α-hetero) is 1. The molecule has 1 N–H and O–H groups in total. The van der Waals surface area contributed by atoms with Gasteiger partial charge in [0.2, 0.25) is 0 Å². The van der Waals surface area contributed by atoms with E-state index in [-0.39, 0.29) is 16.8 Å². The van der Waals surface area contributed by atoms with Gasteiger partial charge in [0.1, 0.15) is 23.3 Å². The lowest BCUT2D eigenvalue weighted by atomic mass is 9.99. The molecule has 2 aromatic carbocycles. The molecule has 0 saturated carbocycles. The summed E-state index contributed by atoms with van der Waals surface area (Å²) in [5.41, 5.74) is 0.972. The fourth-order valence-corrected chi connectivity index (χ4v) is 3.67. The van der Waals surface area contributed by atoms with Gasteiger partial charge < -0.3 is 9.52 Å². The van der Waals surface area contributed by atoms with Crippen LogP contribution in [-0.2, 0) is 9.59 Å². The van der Waals surface area contributed by atoms with Crippen molar-refractivity contribution in [1.82, 2.24) is 0 Å². The third-order valence-corrected chi connectivity index (χ3v) is 5.09. The highest BCUT2D eigenvalue weighted by atomic mass is 16.6. The average molecular weight is 418 g/mol. The smallest absolute Gasteiger partial charge is 0.300 e. The normalized spacial score (nSPS) is 17.9. The number of rotatable bonds is 4. The number of ketones is 1. The van der Waals surface area contributed by atoms with Gasteiger partial charge in [-0.05, 0) is 43.7 Å². The van der Waals surface area contributed by atoms with E-state index in [9.17, 15) is 24.8 Å². The number of nitro benzene ring substituents is 1. The Labute approximate surface area is 177 Å². The lowest BCUT2D eigenvalue weighted by molar-refractivity contribution is -0.384. The number of aliphatic hydroxyl groups excluding tert-OH is 1. The monoisotopic (exact) mass is 418 g/mol. The Balaban J connectivity index is 1.94. The summed E-state index contributed by atoms with van der Waals surface area (Å²) in [5.74, 6) is -1.36. The number of carbonyl (C=O) groups is 2. The molecule has 0 aliphatic carbocycles. The van der Waals surface area contributed by atoms with Gasteiger partial charge in [-0.25, -0.2) is 0 Å². The van der Waals surface area contributed by atoms with E-state index in [2.05, 4.69) is 0 Å². The van der Waals surface area contributed by atoms with Crippen molar-refractivity contribution < 1.29 is 24.0 Å². The van der Waals surface area contributed by atoms with Crippen molar-refractivity contribution >= 4 is 28.8 Å². The first kappa shape index (κ1) is 20.1. The van der Waals surface area contributed by atoms with Gasteiger partial charge in [0, 0.05) is 23.4 Å². The van der Waals surface area contributed by atoms with Crippen LogP contribution in [0.15, 0.2) is 70.7 Å². The molecular formula is C23H18N2O6. The molecule has 1 fully saturated rings. The number of nitrogens with zero attached hydrogens (tertiary/aromatic N) is 2. The minimum absolute atomic E-state index is 0.0599. The van der Waals surface area contributed by atoms with Gasteiger partial charge >= 0.3 is 0 Å². The van der Waals surface area contributed by atoms with Crippen molar-refractivity contribution in [3.63, 3.8) is 0 Å². The number of aryl methyl sites for hydroxylation is 2. The zero-order valence-corrected chi connectivity index (χ0v) is 16.7. The molecule has 2 heterocycles. The van der Waals surface area contributed by atoms with Crippen molar-refractivity contribution in [1.29, 1.82) is 0 Å². The standard InChI is InChI=1S/C23H18N2O6/c1-13-5-3-7-16(11-13)24-20(18-10-9-14(2)31-18)19(22(27)23(24)28)21(26)15-6-4-8-17(12-15)25(29)30/h3-12,20,26H,1-2H3/b21-19-. The van der Waals surface area contributed by atoms with Crippen LogP contribution < -0.4 is 4.90 Å². The van der Waals surface area contributed by atoms with Gasteiger partial charge in [-0.1, -0.05) is 24.3 Å². The fourth-order valence-electron chi connectivity index (χ4n) is 3.67. The Morgan fingerprint density at radius 1 is 1.06 bits per heavy atom. The Hall–Kier alpha value is -4.20. The highest BCUT2D eigenvalue weighted by molar-refractivity contribution is 6.51. The number of benzene rings is 2. The zero-order chi connectivity index (χ0) is 22.3. The number of nitro groups is 1. The lowest BCUT2D eigenvalue weighted by Gasteiger charge is -2.23. The molecular weight excluding hydrogens is 400 g/mol. The first-order chi connectivity index (χ1) is 14.8. The van der Waals surface area contributed by atoms with Crippen LogP contribution in [0.3, 0.4) is 0 Å². The van der Waals surface area contributed by atoms with E-state index < -0.39 is 28.4 Å². The Bertz CT molecular complexity index is 1260. The molecule has 1 aromatic heterocycles. The number of aliphatic hydroxyl groups is 1. The summed E-state index contributed by atoms with van der Waals surface area (Å²) in [7, 11) is 0. The summed E-state index contributed by atoms with van der Waals surface area (Å²) in [6.07, 6.45) is 0. The van der Waals surface area contributed by atoms with Crippen LogP contribution in [-0.4, -0.2) is 21.7 Å². The molecule has 1 aliphatic rings. The van der Waals surface area contributed by atoms with Gasteiger partial charge in [-0.2, -0.15) is 0 Å². The van der Waals surface area contributed by atoms with Gasteiger partial charge in [-0.15, -0.1) is 0 Å². The van der Waals surface area contributed by atoms with E-state index in [1.807, 2.05) is 13.0 Å². The van der Waals surface area contributed by atoms with Crippen molar-refractivity contribution in [3.05, 3.63) is 99.0 Å². The van der Waals surface area contributed by atoms with E-state index >= 15 is 0 Å². The van der Waals surface area contributed by atoms with Crippen molar-refractivity contribution in [2.75, 3.05) is 4.90 Å². The Morgan fingerprint density at radius 3 is 2.45 bits per heavy atom. The maximum Gasteiger partial charge on any atom is 0.300 e. The van der Waals surface area contributed by atoms with E-state index in [0.29, 0.717) is 17.2 Å². The van der Waals surface area contributed by atoms with E-state index in [4.69, 9.17) is 4.42 Å². The summed E-state index contributed by atoms with van der Waals surface area (Å²) < 4.78 is 5.72. The zero-order valence-electron chi connectivity index (χ0n) is 16.7. The second-order valence-corrected chi connectivity index (χ2v) is 7.26. The first-order valence-corrected chi connectivity index (χ1v) is 9.47. The minimum atomic E-state index is -1.02. The number of hydrogen-bond acceptors (Lipinski definition) is 6. The van der Waals surface area contributed by atoms with Crippen LogP contribution in [0.1, 0.15) is 28.7 Å². The molecule has 8 nitrogen and oxygen atoms in total. The minimum Gasteiger partial charge on any atom is -0.507 e. The molecule has 8 heteroatoms. The van der Waals surface area contributed by atoms with Crippen LogP contribution in [0.4, 0.5) is 11.4 Å². The van der Waals surface area contributed by atoms with Crippen LogP contribution >= 0.6 is 0 Å². The average Bonchev–Trinajstić information content (AvgIpc) is 3.28. The first-order valence-electron chi connectivity index (χ1n) is 9.47. The van der Waals surface area contributed by atoms with Gasteiger partial charge in [0.25, 0.3) is 17.4 Å². The largest absolute Gasteiger partial charge is 0.507 e. The summed E-state index contributed by atoms with van der Waals surface area (Å²) >= 11 is 0. The summed E-state index contributed by atoms with van der Waals surface area (Å²) in [6, 6.07) is 14.6. The third kappa shape index (κ3) is 3.48. The number of furan rings is 1. The van der Waals surface area contributed by atoms with E-state index in [0.717, 1.165) is 11.6 Å².